The van der Waals surface area contributed by atoms with Gasteiger partial charge in [-0.25, -0.2) is 0 Å². The Hall–Kier alpha value is -1.16. The van der Waals surface area contributed by atoms with Crippen molar-refractivity contribution >= 4 is 46.6 Å². The number of para-hydroxylation sites is 1. The number of hydrogen-bond donors (Lipinski definition) is 1. The number of hydrogen-bond acceptors (Lipinski definition) is 2. The smallest absolute Gasteiger partial charge is 0.225 e. The summed E-state index contributed by atoms with van der Waals surface area (Å²) in [7, 11) is 0. The van der Waals surface area contributed by atoms with E-state index in [0.717, 1.165) is 28.3 Å². The summed E-state index contributed by atoms with van der Waals surface area (Å²) in [6, 6.07) is 13.6. The summed E-state index contributed by atoms with van der Waals surface area (Å²) >= 11 is 13.6. The van der Waals surface area contributed by atoms with Gasteiger partial charge in [0.2, 0.25) is 5.91 Å². The third kappa shape index (κ3) is 5.73. The monoisotopic (exact) mass is 381 g/mol. The van der Waals surface area contributed by atoms with Crippen molar-refractivity contribution in [3.05, 3.63) is 63.6 Å². The predicted molar refractivity (Wildman–Crippen MR) is 106 cm³/mol. The summed E-state index contributed by atoms with van der Waals surface area (Å²) in [6.45, 7) is 4.25. The minimum Gasteiger partial charge on any atom is -0.326 e. The van der Waals surface area contributed by atoms with Crippen LogP contribution < -0.4 is 5.32 Å². The second-order valence-electron chi connectivity index (χ2n) is 5.84. The number of halogens is 2. The van der Waals surface area contributed by atoms with Crippen LogP contribution in [0.2, 0.25) is 10.0 Å². The van der Waals surface area contributed by atoms with Crippen molar-refractivity contribution in [3.63, 3.8) is 0 Å². The Morgan fingerprint density at radius 2 is 1.88 bits per heavy atom. The molecule has 1 N–H and O–H groups in total. The highest BCUT2D eigenvalue weighted by Gasteiger charge is 2.09. The summed E-state index contributed by atoms with van der Waals surface area (Å²) in [5.41, 5.74) is 3.18. The van der Waals surface area contributed by atoms with E-state index >= 15 is 0 Å². The average Bonchev–Trinajstić information content (AvgIpc) is 2.55. The standard InChI is InChI=1S/C19H21Cl2NOS/c1-13(2)15-5-3-4-6-18(15)22-19(23)9-10-24-12-14-7-8-16(20)17(21)11-14/h3-8,11,13H,9-10,12H2,1-2H3,(H,22,23). The molecule has 2 aromatic carbocycles. The van der Waals surface area contributed by atoms with Crippen LogP contribution in [0.15, 0.2) is 42.5 Å². The van der Waals surface area contributed by atoms with Gasteiger partial charge >= 0.3 is 0 Å². The zero-order valence-corrected chi connectivity index (χ0v) is 16.1. The lowest BCUT2D eigenvalue weighted by Crippen LogP contribution is -2.14. The molecule has 0 aromatic heterocycles. The molecule has 2 nitrogen and oxygen atoms in total. The summed E-state index contributed by atoms with van der Waals surface area (Å²) in [4.78, 5) is 12.1. The van der Waals surface area contributed by atoms with E-state index in [9.17, 15) is 4.79 Å². The minimum absolute atomic E-state index is 0.0461. The van der Waals surface area contributed by atoms with E-state index in [0.29, 0.717) is 22.4 Å². The molecule has 5 heteroatoms. The van der Waals surface area contributed by atoms with Crippen LogP contribution in [0.25, 0.3) is 0 Å². The second-order valence-corrected chi connectivity index (χ2v) is 7.76. The van der Waals surface area contributed by atoms with Crippen molar-refractivity contribution in [2.24, 2.45) is 0 Å². The molecule has 2 rings (SSSR count). The molecular formula is C19H21Cl2NOS. The Bertz CT molecular complexity index is 704. The first-order valence-corrected chi connectivity index (χ1v) is 9.79. The largest absolute Gasteiger partial charge is 0.326 e. The fraction of sp³-hybridized carbons (Fsp3) is 0.316. The van der Waals surface area contributed by atoms with Gasteiger partial charge in [0.1, 0.15) is 0 Å². The summed E-state index contributed by atoms with van der Waals surface area (Å²) in [5.74, 6) is 2.00. The van der Waals surface area contributed by atoms with Gasteiger partial charge < -0.3 is 5.32 Å². The van der Waals surface area contributed by atoms with Crippen LogP contribution in [0.3, 0.4) is 0 Å². The fourth-order valence-electron chi connectivity index (χ4n) is 2.31. The highest BCUT2D eigenvalue weighted by Crippen LogP contribution is 2.26. The third-order valence-corrected chi connectivity index (χ3v) is 5.35. The van der Waals surface area contributed by atoms with E-state index in [2.05, 4.69) is 25.2 Å². The van der Waals surface area contributed by atoms with Crippen molar-refractivity contribution in [1.29, 1.82) is 0 Å². The Morgan fingerprint density at radius 3 is 2.58 bits per heavy atom. The SMILES string of the molecule is CC(C)c1ccccc1NC(=O)CCSCc1ccc(Cl)c(Cl)c1. The van der Waals surface area contributed by atoms with Crippen molar-refractivity contribution in [2.45, 2.75) is 31.9 Å². The number of rotatable bonds is 7. The molecule has 24 heavy (non-hydrogen) atoms. The molecule has 0 fully saturated rings. The first-order chi connectivity index (χ1) is 11.5. The predicted octanol–water partition coefficient (Wildman–Crippen LogP) is 6.38. The van der Waals surface area contributed by atoms with Crippen molar-refractivity contribution in [2.75, 3.05) is 11.1 Å². The van der Waals surface area contributed by atoms with E-state index in [-0.39, 0.29) is 5.91 Å². The molecular weight excluding hydrogens is 361 g/mol. The van der Waals surface area contributed by atoms with E-state index in [4.69, 9.17) is 23.2 Å². The molecule has 0 bridgehead atoms. The zero-order valence-electron chi connectivity index (χ0n) is 13.8. The Morgan fingerprint density at radius 1 is 1.12 bits per heavy atom. The van der Waals surface area contributed by atoms with Gasteiger partial charge in [-0.3, -0.25) is 4.79 Å². The number of carbonyl (C=O) groups excluding carboxylic acids is 1. The van der Waals surface area contributed by atoms with Gasteiger partial charge in [0.15, 0.2) is 0 Å². The van der Waals surface area contributed by atoms with Crippen LogP contribution in [-0.2, 0) is 10.5 Å². The van der Waals surface area contributed by atoms with Gasteiger partial charge in [-0.2, -0.15) is 11.8 Å². The highest BCUT2D eigenvalue weighted by atomic mass is 35.5. The number of carbonyl (C=O) groups is 1. The number of thioether (sulfide) groups is 1. The molecule has 0 saturated carbocycles. The molecule has 128 valence electrons. The normalized spacial score (nSPS) is 10.9. The number of anilines is 1. The zero-order chi connectivity index (χ0) is 17.5. The number of amides is 1. The van der Waals surface area contributed by atoms with Crippen LogP contribution >= 0.6 is 35.0 Å². The van der Waals surface area contributed by atoms with E-state index in [1.165, 1.54) is 0 Å². The summed E-state index contributed by atoms with van der Waals surface area (Å²) in [6.07, 6.45) is 0.485. The van der Waals surface area contributed by atoms with Gasteiger partial charge in [-0.1, -0.05) is 61.3 Å². The van der Waals surface area contributed by atoms with E-state index in [1.807, 2.05) is 30.3 Å². The minimum atomic E-state index is 0.0461. The summed E-state index contributed by atoms with van der Waals surface area (Å²) in [5, 5.41) is 4.15. The molecule has 0 radical (unpaired) electrons. The average molecular weight is 382 g/mol. The van der Waals surface area contributed by atoms with Crippen LogP contribution in [0.4, 0.5) is 5.69 Å². The van der Waals surface area contributed by atoms with Gasteiger partial charge in [-0.15, -0.1) is 0 Å². The molecule has 0 atom stereocenters. The van der Waals surface area contributed by atoms with Crippen molar-refractivity contribution in [3.8, 4) is 0 Å². The lowest BCUT2D eigenvalue weighted by Gasteiger charge is -2.13. The third-order valence-electron chi connectivity index (χ3n) is 3.58. The highest BCUT2D eigenvalue weighted by molar-refractivity contribution is 7.98. The molecule has 1 amide bonds. The molecule has 0 aliphatic rings. The van der Waals surface area contributed by atoms with Crippen LogP contribution in [0, 0.1) is 0 Å². The van der Waals surface area contributed by atoms with E-state index in [1.54, 1.807) is 17.8 Å². The second kappa shape index (κ2) is 9.36. The van der Waals surface area contributed by atoms with Gasteiger partial charge in [0.05, 0.1) is 10.0 Å². The van der Waals surface area contributed by atoms with Gasteiger partial charge in [-0.05, 0) is 35.2 Å². The first kappa shape index (κ1) is 19.2. The lowest BCUT2D eigenvalue weighted by atomic mass is 10.0. The van der Waals surface area contributed by atoms with E-state index < -0.39 is 0 Å². The van der Waals surface area contributed by atoms with Crippen LogP contribution in [-0.4, -0.2) is 11.7 Å². The molecule has 0 aliphatic carbocycles. The topological polar surface area (TPSA) is 29.1 Å². The molecule has 0 unspecified atom stereocenters. The molecule has 0 aliphatic heterocycles. The molecule has 0 saturated heterocycles. The maximum atomic E-state index is 12.1. The summed E-state index contributed by atoms with van der Waals surface area (Å²) < 4.78 is 0. The van der Waals surface area contributed by atoms with Crippen LogP contribution in [0.1, 0.15) is 37.3 Å². The molecule has 0 spiro atoms. The number of nitrogens with one attached hydrogen (secondary N) is 1. The Labute approximate surface area is 157 Å². The Kier molecular flexibility index (Phi) is 7.47. The fourth-order valence-corrected chi connectivity index (χ4v) is 3.52. The van der Waals surface area contributed by atoms with Gasteiger partial charge in [0, 0.05) is 23.6 Å². The maximum absolute atomic E-state index is 12.1. The molecule has 0 heterocycles. The number of benzene rings is 2. The van der Waals surface area contributed by atoms with Crippen molar-refractivity contribution in [1.82, 2.24) is 0 Å². The quantitative estimate of drug-likeness (QED) is 0.563. The Balaban J connectivity index is 1.78. The molecule has 2 aromatic rings. The lowest BCUT2D eigenvalue weighted by molar-refractivity contribution is -0.115. The van der Waals surface area contributed by atoms with Crippen LogP contribution in [0.5, 0.6) is 0 Å². The van der Waals surface area contributed by atoms with Gasteiger partial charge in [0.25, 0.3) is 0 Å². The van der Waals surface area contributed by atoms with Crippen molar-refractivity contribution < 1.29 is 4.79 Å². The maximum Gasteiger partial charge on any atom is 0.225 e. The first-order valence-electron chi connectivity index (χ1n) is 7.88.